The van der Waals surface area contributed by atoms with Crippen molar-refractivity contribution in [2.75, 3.05) is 5.32 Å². The van der Waals surface area contributed by atoms with Crippen molar-refractivity contribution in [2.24, 2.45) is 0 Å². The van der Waals surface area contributed by atoms with E-state index >= 15 is 0 Å². The van der Waals surface area contributed by atoms with Gasteiger partial charge in [0.15, 0.2) is 0 Å². The highest BCUT2D eigenvalue weighted by atomic mass is 16.6. The molecule has 4 rings (SSSR count). The Kier molecular flexibility index (Phi) is 4.73. The van der Waals surface area contributed by atoms with Crippen LogP contribution in [0.25, 0.3) is 5.69 Å². The van der Waals surface area contributed by atoms with Crippen molar-refractivity contribution in [2.45, 2.75) is 18.9 Å². The van der Waals surface area contributed by atoms with Crippen molar-refractivity contribution in [3.05, 3.63) is 76.4 Å². The summed E-state index contributed by atoms with van der Waals surface area (Å²) in [6, 6.07) is 10.8. The van der Waals surface area contributed by atoms with Crippen LogP contribution < -0.4 is 10.6 Å². The van der Waals surface area contributed by atoms with E-state index in [-0.39, 0.29) is 28.9 Å². The Hall–Kier alpha value is -4.08. The third kappa shape index (κ3) is 3.95. The number of aromatic nitrogens is 3. The van der Waals surface area contributed by atoms with Crippen LogP contribution in [0.4, 0.5) is 11.4 Å². The largest absolute Gasteiger partial charge is 0.349 e. The topological polar surface area (TPSA) is 132 Å². The van der Waals surface area contributed by atoms with Gasteiger partial charge in [0.05, 0.1) is 16.2 Å². The second-order valence-electron chi connectivity index (χ2n) is 6.55. The predicted octanol–water partition coefficient (Wildman–Crippen LogP) is 2.32. The third-order valence-corrected chi connectivity index (χ3v) is 4.43. The molecule has 1 aliphatic rings. The smallest absolute Gasteiger partial charge is 0.295 e. The summed E-state index contributed by atoms with van der Waals surface area (Å²) in [5, 5.41) is 20.9. The molecule has 0 aliphatic heterocycles. The summed E-state index contributed by atoms with van der Waals surface area (Å²) in [5.41, 5.74) is 0.647. The summed E-state index contributed by atoms with van der Waals surface area (Å²) in [5.74, 6) is -0.833. The number of nitro benzene ring substituents is 1. The lowest BCUT2D eigenvalue weighted by Gasteiger charge is -2.11. The van der Waals surface area contributed by atoms with E-state index in [0.29, 0.717) is 11.3 Å². The Morgan fingerprint density at radius 1 is 1.14 bits per heavy atom. The fourth-order valence-electron chi connectivity index (χ4n) is 2.81. The number of nitrogens with zero attached hydrogens (tertiary/aromatic N) is 4. The van der Waals surface area contributed by atoms with Crippen molar-refractivity contribution >= 4 is 23.2 Å². The van der Waals surface area contributed by atoms with Gasteiger partial charge < -0.3 is 10.6 Å². The maximum Gasteiger partial charge on any atom is 0.295 e. The molecule has 1 aliphatic carbocycles. The molecule has 1 aromatic heterocycles. The Morgan fingerprint density at radius 2 is 1.93 bits per heavy atom. The zero-order valence-corrected chi connectivity index (χ0v) is 15.1. The van der Waals surface area contributed by atoms with Gasteiger partial charge in [0, 0.05) is 17.7 Å². The molecular formula is C19H16N6O4. The number of benzene rings is 2. The van der Waals surface area contributed by atoms with Crippen LogP contribution in [-0.2, 0) is 0 Å². The van der Waals surface area contributed by atoms with Crippen LogP contribution in [-0.4, -0.2) is 37.5 Å². The fraction of sp³-hybridized carbons (Fsp3) is 0.158. The van der Waals surface area contributed by atoms with E-state index < -0.39 is 10.8 Å². The van der Waals surface area contributed by atoms with Gasteiger partial charge in [0.2, 0.25) is 0 Å². The minimum Gasteiger partial charge on any atom is -0.349 e. The normalized spacial score (nSPS) is 13.0. The highest BCUT2D eigenvalue weighted by Gasteiger charge is 2.25. The summed E-state index contributed by atoms with van der Waals surface area (Å²) < 4.78 is 1.25. The number of nitrogens with one attached hydrogen (secondary N) is 2. The van der Waals surface area contributed by atoms with E-state index in [1.165, 1.54) is 35.5 Å². The first kappa shape index (κ1) is 18.3. The van der Waals surface area contributed by atoms with Gasteiger partial charge in [0.1, 0.15) is 18.3 Å². The van der Waals surface area contributed by atoms with Gasteiger partial charge in [-0.3, -0.25) is 19.7 Å². The lowest BCUT2D eigenvalue weighted by Crippen LogP contribution is -2.27. The Bertz CT molecular complexity index is 1090. The zero-order chi connectivity index (χ0) is 20.4. The quantitative estimate of drug-likeness (QED) is 0.489. The number of hydrogen-bond acceptors (Lipinski definition) is 6. The van der Waals surface area contributed by atoms with E-state index in [0.717, 1.165) is 12.8 Å². The Balaban J connectivity index is 1.60. The third-order valence-electron chi connectivity index (χ3n) is 4.43. The molecule has 0 bridgehead atoms. The van der Waals surface area contributed by atoms with Crippen LogP contribution in [0.2, 0.25) is 0 Å². The number of hydrogen-bond donors (Lipinski definition) is 2. The zero-order valence-electron chi connectivity index (χ0n) is 15.1. The van der Waals surface area contributed by atoms with Crippen molar-refractivity contribution in [3.63, 3.8) is 0 Å². The van der Waals surface area contributed by atoms with E-state index in [2.05, 4.69) is 20.7 Å². The van der Waals surface area contributed by atoms with Crippen LogP contribution >= 0.6 is 0 Å². The highest BCUT2D eigenvalue weighted by Crippen LogP contribution is 2.25. The molecule has 0 unspecified atom stereocenters. The first-order valence-corrected chi connectivity index (χ1v) is 8.87. The van der Waals surface area contributed by atoms with Crippen LogP contribution in [0.1, 0.15) is 33.6 Å². The maximum absolute atomic E-state index is 12.7. The number of carbonyl (C=O) groups excluding carboxylic acids is 2. The summed E-state index contributed by atoms with van der Waals surface area (Å²) in [4.78, 5) is 39.7. The number of para-hydroxylation sites is 1. The Morgan fingerprint density at radius 3 is 2.62 bits per heavy atom. The van der Waals surface area contributed by atoms with Gasteiger partial charge in [-0.15, -0.1) is 0 Å². The van der Waals surface area contributed by atoms with Crippen molar-refractivity contribution in [1.29, 1.82) is 0 Å². The van der Waals surface area contributed by atoms with Gasteiger partial charge >= 0.3 is 0 Å². The molecular weight excluding hydrogens is 376 g/mol. The molecule has 1 heterocycles. The van der Waals surface area contributed by atoms with E-state index in [4.69, 9.17) is 0 Å². The first-order valence-electron chi connectivity index (χ1n) is 8.87. The number of anilines is 1. The molecule has 0 spiro atoms. The van der Waals surface area contributed by atoms with Crippen LogP contribution in [0.5, 0.6) is 0 Å². The molecule has 3 aromatic rings. The summed E-state index contributed by atoms with van der Waals surface area (Å²) >= 11 is 0. The van der Waals surface area contributed by atoms with Gasteiger partial charge in [-0.25, -0.2) is 9.67 Å². The molecule has 1 fully saturated rings. The SMILES string of the molecule is O=C(Nc1ccccc1C(=O)NC1CC1)c1ccc(-n2cncn2)c([N+](=O)[O-])c1. The second kappa shape index (κ2) is 7.50. The number of amides is 2. The average Bonchev–Trinajstić information content (AvgIpc) is 3.36. The van der Waals surface area contributed by atoms with Crippen molar-refractivity contribution < 1.29 is 14.5 Å². The molecule has 0 radical (unpaired) electrons. The van der Waals surface area contributed by atoms with Gasteiger partial charge in [-0.2, -0.15) is 5.10 Å². The van der Waals surface area contributed by atoms with Gasteiger partial charge in [-0.05, 0) is 37.1 Å². The van der Waals surface area contributed by atoms with Crippen molar-refractivity contribution in [1.82, 2.24) is 20.1 Å². The lowest BCUT2D eigenvalue weighted by atomic mass is 10.1. The van der Waals surface area contributed by atoms with Crippen LogP contribution in [0.15, 0.2) is 55.1 Å². The number of rotatable bonds is 6. The molecule has 29 heavy (non-hydrogen) atoms. The molecule has 2 aromatic carbocycles. The average molecular weight is 392 g/mol. The fourth-order valence-corrected chi connectivity index (χ4v) is 2.81. The first-order chi connectivity index (χ1) is 14.0. The molecule has 1 saturated carbocycles. The maximum atomic E-state index is 12.7. The molecule has 0 atom stereocenters. The molecule has 2 N–H and O–H groups in total. The monoisotopic (exact) mass is 392 g/mol. The predicted molar refractivity (Wildman–Crippen MR) is 103 cm³/mol. The van der Waals surface area contributed by atoms with Gasteiger partial charge in [-0.1, -0.05) is 12.1 Å². The molecule has 10 nitrogen and oxygen atoms in total. The van der Waals surface area contributed by atoms with E-state index in [1.54, 1.807) is 24.3 Å². The Labute approximate surface area is 164 Å². The highest BCUT2D eigenvalue weighted by molar-refractivity contribution is 6.09. The van der Waals surface area contributed by atoms with E-state index in [9.17, 15) is 19.7 Å². The summed E-state index contributed by atoms with van der Waals surface area (Å²) in [6.45, 7) is 0. The minimum absolute atomic E-state index is 0.0815. The number of nitro groups is 1. The number of carbonyl (C=O) groups is 2. The molecule has 146 valence electrons. The summed E-state index contributed by atoms with van der Waals surface area (Å²) in [6.07, 6.45) is 4.48. The molecule has 10 heteroatoms. The van der Waals surface area contributed by atoms with E-state index in [1.807, 2.05) is 0 Å². The lowest BCUT2D eigenvalue weighted by molar-refractivity contribution is -0.384. The molecule has 2 amide bonds. The van der Waals surface area contributed by atoms with Gasteiger partial charge in [0.25, 0.3) is 17.5 Å². The van der Waals surface area contributed by atoms with Crippen molar-refractivity contribution in [3.8, 4) is 5.69 Å². The van der Waals surface area contributed by atoms with Crippen LogP contribution in [0.3, 0.4) is 0 Å². The van der Waals surface area contributed by atoms with Crippen LogP contribution in [0, 0.1) is 10.1 Å². The second-order valence-corrected chi connectivity index (χ2v) is 6.55. The summed E-state index contributed by atoms with van der Waals surface area (Å²) in [7, 11) is 0. The standard InChI is InChI=1S/C19H16N6O4/c26-18(23-15-4-2-1-3-14(15)19(27)22-13-6-7-13)12-5-8-16(17(9-12)25(28)29)24-11-20-10-21-24/h1-5,8-11,13H,6-7H2,(H,22,27)(H,23,26). The molecule has 0 saturated heterocycles. The minimum atomic E-state index is -0.592.